The highest BCUT2D eigenvalue weighted by atomic mass is 16.5. The summed E-state index contributed by atoms with van der Waals surface area (Å²) >= 11 is 0. The van der Waals surface area contributed by atoms with E-state index >= 15 is 0 Å². The number of rotatable bonds is 4. The number of carbonyl (C=O) groups excluding carboxylic acids is 1. The number of carbonyl (C=O) groups is 1. The van der Waals surface area contributed by atoms with Gasteiger partial charge in [0.2, 0.25) is 5.91 Å². The molecule has 0 aromatic carbocycles. The molecule has 2 saturated heterocycles. The van der Waals surface area contributed by atoms with Gasteiger partial charge in [0.25, 0.3) is 0 Å². The van der Waals surface area contributed by atoms with Gasteiger partial charge in [0.05, 0.1) is 6.20 Å². The van der Waals surface area contributed by atoms with E-state index in [9.17, 15) is 4.79 Å². The molecule has 2 aliphatic heterocycles. The van der Waals surface area contributed by atoms with Gasteiger partial charge in [0.1, 0.15) is 0 Å². The van der Waals surface area contributed by atoms with Crippen molar-refractivity contribution in [2.75, 3.05) is 39.4 Å². The zero-order chi connectivity index (χ0) is 16.9. The highest BCUT2D eigenvalue weighted by Gasteiger charge is 2.27. The maximum Gasteiger partial charge on any atom is 0.225 e. The average Bonchev–Trinajstić information content (AvgIpc) is 2.94. The first-order valence-corrected chi connectivity index (χ1v) is 9.25. The molecule has 134 valence electrons. The van der Waals surface area contributed by atoms with Gasteiger partial charge in [0.15, 0.2) is 0 Å². The van der Waals surface area contributed by atoms with E-state index in [1.807, 2.05) is 10.9 Å². The van der Waals surface area contributed by atoms with E-state index in [0.717, 1.165) is 65.2 Å². The number of hydrogen-bond acceptors (Lipinski definition) is 4. The van der Waals surface area contributed by atoms with E-state index in [1.54, 1.807) is 0 Å². The standard InChI is InChI=1S/C18H30N4O2/c1-15(2)22-14-16(12-19-22)13-20-6-3-7-21(9-8-20)18(23)17-4-10-24-11-5-17/h12,14-15,17H,3-11,13H2,1-2H3. The summed E-state index contributed by atoms with van der Waals surface area (Å²) in [5.41, 5.74) is 1.26. The Morgan fingerprint density at radius 2 is 2.04 bits per heavy atom. The van der Waals surface area contributed by atoms with Gasteiger partial charge in [-0.05, 0) is 33.1 Å². The van der Waals surface area contributed by atoms with Crippen LogP contribution in [0.4, 0.5) is 0 Å². The smallest absolute Gasteiger partial charge is 0.225 e. The van der Waals surface area contributed by atoms with Crippen LogP contribution < -0.4 is 0 Å². The van der Waals surface area contributed by atoms with Crippen molar-refractivity contribution in [1.82, 2.24) is 19.6 Å². The lowest BCUT2D eigenvalue weighted by atomic mass is 9.98. The second-order valence-corrected chi connectivity index (χ2v) is 7.26. The lowest BCUT2D eigenvalue weighted by Crippen LogP contribution is -2.40. The first kappa shape index (κ1) is 17.4. The molecular formula is C18H30N4O2. The minimum absolute atomic E-state index is 0.176. The normalized spacial score (nSPS) is 21.2. The number of aromatic nitrogens is 2. The van der Waals surface area contributed by atoms with Crippen molar-refractivity contribution in [1.29, 1.82) is 0 Å². The van der Waals surface area contributed by atoms with E-state index in [0.29, 0.717) is 11.9 Å². The summed E-state index contributed by atoms with van der Waals surface area (Å²) in [7, 11) is 0. The number of nitrogens with zero attached hydrogens (tertiary/aromatic N) is 4. The first-order valence-electron chi connectivity index (χ1n) is 9.25. The summed E-state index contributed by atoms with van der Waals surface area (Å²) in [5, 5.41) is 4.42. The van der Waals surface area contributed by atoms with E-state index in [-0.39, 0.29) is 5.92 Å². The zero-order valence-corrected chi connectivity index (χ0v) is 15.0. The molecule has 0 saturated carbocycles. The fourth-order valence-electron chi connectivity index (χ4n) is 3.55. The molecule has 6 heteroatoms. The van der Waals surface area contributed by atoms with E-state index in [1.165, 1.54) is 5.56 Å². The predicted molar refractivity (Wildman–Crippen MR) is 92.6 cm³/mol. The molecule has 1 aromatic heterocycles. The Labute approximate surface area is 144 Å². The molecule has 3 rings (SSSR count). The number of ether oxygens (including phenoxy) is 1. The highest BCUT2D eigenvalue weighted by molar-refractivity contribution is 5.79. The molecule has 0 spiro atoms. The van der Waals surface area contributed by atoms with Gasteiger partial charge >= 0.3 is 0 Å². The second-order valence-electron chi connectivity index (χ2n) is 7.26. The third-order valence-corrected chi connectivity index (χ3v) is 5.06. The molecule has 0 aliphatic carbocycles. The fraction of sp³-hybridized carbons (Fsp3) is 0.778. The Hall–Kier alpha value is -1.40. The van der Waals surface area contributed by atoms with Crippen molar-refractivity contribution < 1.29 is 9.53 Å². The topological polar surface area (TPSA) is 50.6 Å². The van der Waals surface area contributed by atoms with Gasteiger partial charge in [0, 0.05) is 69.7 Å². The third kappa shape index (κ3) is 4.36. The van der Waals surface area contributed by atoms with Gasteiger partial charge in [-0.2, -0.15) is 5.10 Å². The van der Waals surface area contributed by atoms with Gasteiger partial charge in [-0.1, -0.05) is 0 Å². The van der Waals surface area contributed by atoms with Gasteiger partial charge < -0.3 is 9.64 Å². The molecule has 1 aromatic rings. The molecule has 0 unspecified atom stereocenters. The lowest BCUT2D eigenvalue weighted by Gasteiger charge is -2.28. The molecule has 3 heterocycles. The van der Waals surface area contributed by atoms with Crippen LogP contribution in [0.15, 0.2) is 12.4 Å². The largest absolute Gasteiger partial charge is 0.381 e. The van der Waals surface area contributed by atoms with Crippen molar-refractivity contribution >= 4 is 5.91 Å². The molecule has 1 amide bonds. The Kier molecular flexibility index (Phi) is 5.89. The SMILES string of the molecule is CC(C)n1cc(CN2CCCN(C(=O)C3CCOCC3)CC2)cn1. The van der Waals surface area contributed by atoms with E-state index < -0.39 is 0 Å². The summed E-state index contributed by atoms with van der Waals surface area (Å²) in [5.74, 6) is 0.516. The summed E-state index contributed by atoms with van der Waals surface area (Å²) in [4.78, 5) is 17.2. The third-order valence-electron chi connectivity index (χ3n) is 5.06. The summed E-state index contributed by atoms with van der Waals surface area (Å²) in [6.07, 6.45) is 6.92. The first-order chi connectivity index (χ1) is 11.6. The van der Waals surface area contributed by atoms with Crippen LogP contribution in [0.25, 0.3) is 0 Å². The van der Waals surface area contributed by atoms with Gasteiger partial charge in [-0.3, -0.25) is 14.4 Å². The minimum Gasteiger partial charge on any atom is -0.381 e. The maximum absolute atomic E-state index is 12.7. The van der Waals surface area contributed by atoms with Crippen LogP contribution in [0.5, 0.6) is 0 Å². The molecule has 2 aliphatic rings. The van der Waals surface area contributed by atoms with Crippen LogP contribution in [0.1, 0.15) is 44.7 Å². The van der Waals surface area contributed by atoms with Crippen molar-refractivity contribution in [2.45, 2.75) is 45.7 Å². The zero-order valence-electron chi connectivity index (χ0n) is 15.0. The molecule has 0 N–H and O–H groups in total. The fourth-order valence-corrected chi connectivity index (χ4v) is 3.55. The second kappa shape index (κ2) is 8.12. The van der Waals surface area contributed by atoms with Crippen LogP contribution in [0.2, 0.25) is 0 Å². The predicted octanol–water partition coefficient (Wildman–Crippen LogP) is 1.92. The quantitative estimate of drug-likeness (QED) is 0.844. The number of amides is 1. The van der Waals surface area contributed by atoms with E-state index in [2.05, 4.69) is 34.9 Å². The highest BCUT2D eigenvalue weighted by Crippen LogP contribution is 2.19. The van der Waals surface area contributed by atoms with Crippen molar-refractivity contribution in [3.05, 3.63) is 18.0 Å². The van der Waals surface area contributed by atoms with Crippen molar-refractivity contribution in [2.24, 2.45) is 5.92 Å². The van der Waals surface area contributed by atoms with Crippen LogP contribution in [-0.2, 0) is 16.1 Å². The van der Waals surface area contributed by atoms with Crippen LogP contribution in [0.3, 0.4) is 0 Å². The lowest BCUT2D eigenvalue weighted by molar-refractivity contribution is -0.138. The average molecular weight is 334 g/mol. The maximum atomic E-state index is 12.7. The Bertz CT molecular complexity index is 537. The van der Waals surface area contributed by atoms with Crippen molar-refractivity contribution in [3.8, 4) is 0 Å². The molecule has 24 heavy (non-hydrogen) atoms. The molecule has 0 radical (unpaired) electrons. The van der Waals surface area contributed by atoms with Gasteiger partial charge in [-0.25, -0.2) is 0 Å². The Morgan fingerprint density at radius 3 is 2.75 bits per heavy atom. The van der Waals surface area contributed by atoms with Crippen LogP contribution >= 0.6 is 0 Å². The monoisotopic (exact) mass is 334 g/mol. The molecule has 0 atom stereocenters. The Morgan fingerprint density at radius 1 is 1.25 bits per heavy atom. The van der Waals surface area contributed by atoms with Gasteiger partial charge in [-0.15, -0.1) is 0 Å². The number of hydrogen-bond donors (Lipinski definition) is 0. The Balaban J connectivity index is 1.51. The molecule has 6 nitrogen and oxygen atoms in total. The van der Waals surface area contributed by atoms with Crippen LogP contribution in [-0.4, -0.2) is 64.9 Å². The summed E-state index contributed by atoms with van der Waals surface area (Å²) in [6, 6.07) is 0.399. The molecule has 0 bridgehead atoms. The molecular weight excluding hydrogens is 304 g/mol. The minimum atomic E-state index is 0.176. The summed E-state index contributed by atoms with van der Waals surface area (Å²) < 4.78 is 7.39. The molecule has 2 fully saturated rings. The van der Waals surface area contributed by atoms with Crippen LogP contribution in [0, 0.1) is 5.92 Å². The van der Waals surface area contributed by atoms with Crippen molar-refractivity contribution in [3.63, 3.8) is 0 Å². The summed E-state index contributed by atoms with van der Waals surface area (Å²) in [6.45, 7) is 10.4. The van der Waals surface area contributed by atoms with E-state index in [4.69, 9.17) is 4.74 Å².